The fourth-order valence-corrected chi connectivity index (χ4v) is 2.57. The first kappa shape index (κ1) is 8.94. The van der Waals surface area contributed by atoms with E-state index in [0.29, 0.717) is 6.04 Å². The molecular weight excluding hydrogens is 182 g/mol. The molecule has 1 aliphatic heterocycles. The molecule has 1 aliphatic rings. The fourth-order valence-electron chi connectivity index (χ4n) is 1.77. The Labute approximate surface area is 82.8 Å². The van der Waals surface area contributed by atoms with Crippen LogP contribution in [0.2, 0.25) is 0 Å². The lowest BCUT2D eigenvalue weighted by molar-refractivity contribution is 0.545. The molecule has 0 bridgehead atoms. The van der Waals surface area contributed by atoms with Gasteiger partial charge in [-0.3, -0.25) is 0 Å². The van der Waals surface area contributed by atoms with Gasteiger partial charge in [-0.05, 0) is 26.2 Å². The maximum absolute atomic E-state index is 4.18. The van der Waals surface area contributed by atoms with E-state index in [9.17, 15) is 0 Å². The second-order valence-electron chi connectivity index (χ2n) is 3.80. The predicted octanol–water partition coefficient (Wildman–Crippen LogP) is 2.08. The van der Waals surface area contributed by atoms with Crippen molar-refractivity contribution in [2.45, 2.75) is 33.2 Å². The number of aryl methyl sites for hydroxylation is 1. The Morgan fingerprint density at radius 2 is 2.15 bits per heavy atom. The van der Waals surface area contributed by atoms with E-state index in [0.717, 1.165) is 22.6 Å². The van der Waals surface area contributed by atoms with Gasteiger partial charge in [-0.2, -0.15) is 0 Å². The Hall–Kier alpha value is -0.640. The highest BCUT2D eigenvalue weighted by Crippen LogP contribution is 2.30. The van der Waals surface area contributed by atoms with Crippen LogP contribution in [-0.2, 0) is 0 Å². The highest BCUT2D eigenvalue weighted by atomic mass is 32.1. The number of rotatable bonds is 1. The van der Waals surface area contributed by atoms with E-state index in [1.165, 1.54) is 6.42 Å². The van der Waals surface area contributed by atoms with Crippen molar-refractivity contribution in [3.8, 4) is 0 Å². The molecule has 2 rings (SSSR count). The van der Waals surface area contributed by atoms with Crippen LogP contribution in [0.25, 0.3) is 0 Å². The van der Waals surface area contributed by atoms with Crippen LogP contribution in [0.15, 0.2) is 0 Å². The summed E-state index contributed by atoms with van der Waals surface area (Å²) in [5, 5.41) is 10.4. The van der Waals surface area contributed by atoms with Crippen LogP contribution in [0.5, 0.6) is 0 Å². The zero-order valence-electron chi connectivity index (χ0n) is 8.32. The Morgan fingerprint density at radius 1 is 1.38 bits per heavy atom. The lowest BCUT2D eigenvalue weighted by atomic mass is 10.1. The maximum Gasteiger partial charge on any atom is 0.208 e. The van der Waals surface area contributed by atoms with Crippen molar-refractivity contribution >= 4 is 16.5 Å². The first-order valence-electron chi connectivity index (χ1n) is 4.75. The van der Waals surface area contributed by atoms with Crippen molar-refractivity contribution in [3.63, 3.8) is 0 Å². The van der Waals surface area contributed by atoms with Crippen LogP contribution in [0.4, 0.5) is 5.13 Å². The molecule has 1 fully saturated rings. The van der Waals surface area contributed by atoms with Gasteiger partial charge >= 0.3 is 0 Å². The van der Waals surface area contributed by atoms with Crippen molar-refractivity contribution < 1.29 is 0 Å². The quantitative estimate of drug-likeness (QED) is 0.690. The molecule has 0 N–H and O–H groups in total. The predicted molar refractivity (Wildman–Crippen MR) is 55.2 cm³/mol. The molecule has 0 radical (unpaired) electrons. The summed E-state index contributed by atoms with van der Waals surface area (Å²) in [5.74, 6) is 0.782. The molecule has 0 spiro atoms. The Kier molecular flexibility index (Phi) is 2.24. The van der Waals surface area contributed by atoms with Crippen LogP contribution >= 0.6 is 11.3 Å². The summed E-state index contributed by atoms with van der Waals surface area (Å²) in [4.78, 5) is 2.37. The Bertz CT molecular complexity index is 297. The lowest BCUT2D eigenvalue weighted by Gasteiger charge is -2.21. The van der Waals surface area contributed by atoms with Gasteiger partial charge in [0, 0.05) is 12.6 Å². The summed E-state index contributed by atoms with van der Waals surface area (Å²) < 4.78 is 0. The summed E-state index contributed by atoms with van der Waals surface area (Å²) in [6.07, 6.45) is 1.28. The molecule has 4 heteroatoms. The van der Waals surface area contributed by atoms with Gasteiger partial charge in [0.2, 0.25) is 5.13 Å². The van der Waals surface area contributed by atoms with E-state index in [2.05, 4.69) is 28.9 Å². The van der Waals surface area contributed by atoms with Crippen molar-refractivity contribution in [2.24, 2.45) is 5.92 Å². The molecule has 72 valence electrons. The third-order valence-corrected chi connectivity index (χ3v) is 3.78. The summed E-state index contributed by atoms with van der Waals surface area (Å²) in [5.41, 5.74) is 0. The minimum Gasteiger partial charge on any atom is -0.344 e. The number of hydrogen-bond acceptors (Lipinski definition) is 4. The van der Waals surface area contributed by atoms with E-state index < -0.39 is 0 Å². The minimum absolute atomic E-state index is 0.618. The third kappa shape index (κ3) is 1.55. The van der Waals surface area contributed by atoms with Crippen molar-refractivity contribution in [2.75, 3.05) is 11.4 Å². The van der Waals surface area contributed by atoms with E-state index >= 15 is 0 Å². The van der Waals surface area contributed by atoms with Gasteiger partial charge in [-0.25, -0.2) is 0 Å². The van der Waals surface area contributed by atoms with Crippen LogP contribution in [0.1, 0.15) is 25.3 Å². The molecular formula is C9H15N3S. The summed E-state index contributed by atoms with van der Waals surface area (Å²) in [6, 6.07) is 0.618. The molecule has 13 heavy (non-hydrogen) atoms. The van der Waals surface area contributed by atoms with Crippen molar-refractivity contribution in [3.05, 3.63) is 5.01 Å². The SMILES string of the molecule is Cc1nnc(N2CCC(C)C2C)s1. The monoisotopic (exact) mass is 197 g/mol. The van der Waals surface area contributed by atoms with Gasteiger partial charge in [0.25, 0.3) is 0 Å². The number of anilines is 1. The number of nitrogens with zero attached hydrogens (tertiary/aromatic N) is 3. The lowest BCUT2D eigenvalue weighted by Crippen LogP contribution is -2.28. The van der Waals surface area contributed by atoms with Gasteiger partial charge in [0.1, 0.15) is 5.01 Å². The molecule has 2 atom stereocenters. The van der Waals surface area contributed by atoms with Gasteiger partial charge in [0.05, 0.1) is 0 Å². The fraction of sp³-hybridized carbons (Fsp3) is 0.778. The number of aromatic nitrogens is 2. The third-order valence-electron chi connectivity index (χ3n) is 2.90. The first-order valence-corrected chi connectivity index (χ1v) is 5.57. The van der Waals surface area contributed by atoms with Gasteiger partial charge in [0.15, 0.2) is 0 Å². The number of hydrogen-bond donors (Lipinski definition) is 0. The normalized spacial score (nSPS) is 28.4. The van der Waals surface area contributed by atoms with Crippen molar-refractivity contribution in [1.82, 2.24) is 10.2 Å². The average Bonchev–Trinajstić information content (AvgIpc) is 2.62. The Balaban J connectivity index is 2.18. The maximum atomic E-state index is 4.18. The zero-order chi connectivity index (χ0) is 9.42. The van der Waals surface area contributed by atoms with Gasteiger partial charge in [-0.1, -0.05) is 18.3 Å². The summed E-state index contributed by atoms with van der Waals surface area (Å²) in [6.45, 7) is 7.72. The van der Waals surface area contributed by atoms with Gasteiger partial charge in [-0.15, -0.1) is 10.2 Å². The largest absolute Gasteiger partial charge is 0.344 e. The second-order valence-corrected chi connectivity index (χ2v) is 4.96. The van der Waals surface area contributed by atoms with Crippen LogP contribution in [0, 0.1) is 12.8 Å². The minimum atomic E-state index is 0.618. The first-order chi connectivity index (χ1) is 6.18. The van der Waals surface area contributed by atoms with Crippen LogP contribution < -0.4 is 4.90 Å². The van der Waals surface area contributed by atoms with E-state index in [1.807, 2.05) is 6.92 Å². The smallest absolute Gasteiger partial charge is 0.208 e. The summed E-state index contributed by atoms with van der Waals surface area (Å²) >= 11 is 1.69. The second kappa shape index (κ2) is 3.25. The Morgan fingerprint density at radius 3 is 2.62 bits per heavy atom. The van der Waals surface area contributed by atoms with Gasteiger partial charge < -0.3 is 4.90 Å². The molecule has 1 aromatic heterocycles. The van der Waals surface area contributed by atoms with Crippen LogP contribution in [-0.4, -0.2) is 22.8 Å². The van der Waals surface area contributed by atoms with Crippen molar-refractivity contribution in [1.29, 1.82) is 0 Å². The molecule has 0 amide bonds. The zero-order valence-corrected chi connectivity index (χ0v) is 9.14. The van der Waals surface area contributed by atoms with E-state index in [1.54, 1.807) is 11.3 Å². The molecule has 1 saturated heterocycles. The topological polar surface area (TPSA) is 29.0 Å². The molecule has 2 heterocycles. The van der Waals surface area contributed by atoms with E-state index in [-0.39, 0.29) is 0 Å². The molecule has 0 saturated carbocycles. The van der Waals surface area contributed by atoms with E-state index in [4.69, 9.17) is 0 Å². The average molecular weight is 197 g/mol. The molecule has 0 aromatic carbocycles. The molecule has 0 aliphatic carbocycles. The standard InChI is InChI=1S/C9H15N3S/c1-6-4-5-12(7(6)2)9-11-10-8(3)13-9/h6-7H,4-5H2,1-3H3. The summed E-state index contributed by atoms with van der Waals surface area (Å²) in [7, 11) is 0. The molecule has 3 nitrogen and oxygen atoms in total. The molecule has 1 aromatic rings. The highest BCUT2D eigenvalue weighted by Gasteiger charge is 2.29. The molecule has 2 unspecified atom stereocenters. The van der Waals surface area contributed by atoms with Crippen LogP contribution in [0.3, 0.4) is 0 Å². The highest BCUT2D eigenvalue weighted by molar-refractivity contribution is 7.15.